The fourth-order valence-electron chi connectivity index (χ4n) is 4.78. The van der Waals surface area contributed by atoms with E-state index in [0.717, 1.165) is 16.5 Å². The number of amides is 1. The van der Waals surface area contributed by atoms with Gasteiger partial charge in [0.05, 0.1) is 39.8 Å². The van der Waals surface area contributed by atoms with Crippen molar-refractivity contribution in [1.29, 1.82) is 0 Å². The van der Waals surface area contributed by atoms with Crippen molar-refractivity contribution in [1.82, 2.24) is 15.3 Å². The maximum atomic E-state index is 13.1. The third-order valence-electron chi connectivity index (χ3n) is 6.62. The van der Waals surface area contributed by atoms with Gasteiger partial charge < -0.3 is 20.1 Å². The highest BCUT2D eigenvalue weighted by molar-refractivity contribution is 7.95. The summed E-state index contributed by atoms with van der Waals surface area (Å²) >= 11 is 0. The molecule has 9 nitrogen and oxygen atoms in total. The van der Waals surface area contributed by atoms with Crippen LogP contribution in [-0.2, 0) is 25.7 Å². The maximum absolute atomic E-state index is 13.1. The number of nitrogens with one attached hydrogen (secondary N) is 2. The van der Waals surface area contributed by atoms with Crippen molar-refractivity contribution in [3.05, 3.63) is 47.8 Å². The second-order valence-electron chi connectivity index (χ2n) is 10.0. The van der Waals surface area contributed by atoms with E-state index in [0.29, 0.717) is 59.6 Å². The summed E-state index contributed by atoms with van der Waals surface area (Å²) in [6.45, 7) is 3.10. The number of aromatic nitrogens is 2. The van der Waals surface area contributed by atoms with E-state index in [1.165, 1.54) is 6.33 Å². The molecule has 13 heteroatoms. The summed E-state index contributed by atoms with van der Waals surface area (Å²) in [4.78, 5) is 20.7. The van der Waals surface area contributed by atoms with Gasteiger partial charge in [-0.2, -0.15) is 17.5 Å². The molecular weight excluding hydrogens is 535 g/mol. The summed E-state index contributed by atoms with van der Waals surface area (Å²) < 4.78 is 65.8. The minimum Gasteiger partial charge on any atom is -0.482 e. The first kappa shape index (κ1) is 27.1. The number of hydrogen-bond acceptors (Lipinski definition) is 8. The van der Waals surface area contributed by atoms with Crippen LogP contribution in [0.25, 0.3) is 10.9 Å². The summed E-state index contributed by atoms with van der Waals surface area (Å²) in [7, 11) is -2.32. The standard InChI is InChI=1S/C26H28F3N5O4S/c1-3-17-4-5-19(21(7-17)38-9-22(35)30-10-26(27,28)29)33-24-23-16(2)6-18(8-20(23)31-15-32-24)34-39(36)13-25(14-39)11-37-12-25/h4-8,15H,3,9-14H2,1-2H3,(H,30,35)(H,31,32,33). The van der Waals surface area contributed by atoms with Crippen molar-refractivity contribution in [2.75, 3.05) is 43.2 Å². The van der Waals surface area contributed by atoms with E-state index in [1.807, 2.05) is 26.0 Å². The Morgan fingerprint density at radius 1 is 1.21 bits per heavy atom. The van der Waals surface area contributed by atoms with Gasteiger partial charge in [0.2, 0.25) is 0 Å². The molecule has 2 N–H and O–H groups in total. The van der Waals surface area contributed by atoms with E-state index in [2.05, 4.69) is 19.6 Å². The highest BCUT2D eigenvalue weighted by atomic mass is 32.2. The van der Waals surface area contributed by atoms with Gasteiger partial charge in [-0.1, -0.05) is 13.0 Å². The second-order valence-corrected chi connectivity index (χ2v) is 12.3. The highest BCUT2D eigenvalue weighted by Crippen LogP contribution is 2.42. The number of carbonyl (C=O) groups is 1. The summed E-state index contributed by atoms with van der Waals surface area (Å²) in [5.41, 5.74) is 3.44. The molecule has 0 unspecified atom stereocenters. The van der Waals surface area contributed by atoms with Crippen LogP contribution in [0, 0.1) is 12.3 Å². The van der Waals surface area contributed by atoms with Crippen LogP contribution in [0.4, 0.5) is 30.4 Å². The molecule has 2 aromatic carbocycles. The second kappa shape index (κ2) is 10.3. The van der Waals surface area contributed by atoms with Gasteiger partial charge in [-0.15, -0.1) is 0 Å². The lowest BCUT2D eigenvalue weighted by Gasteiger charge is -2.49. The Labute approximate surface area is 223 Å². The van der Waals surface area contributed by atoms with Crippen LogP contribution in [0.1, 0.15) is 18.1 Å². The first-order valence-electron chi connectivity index (χ1n) is 12.4. The predicted octanol–water partition coefficient (Wildman–Crippen LogP) is 4.43. The monoisotopic (exact) mass is 563 g/mol. The third-order valence-corrected chi connectivity index (χ3v) is 9.29. The van der Waals surface area contributed by atoms with E-state index in [4.69, 9.17) is 9.47 Å². The van der Waals surface area contributed by atoms with Crippen molar-refractivity contribution < 1.29 is 31.6 Å². The maximum Gasteiger partial charge on any atom is 0.405 e. The van der Waals surface area contributed by atoms with Crippen LogP contribution in [0.15, 0.2) is 41.0 Å². The normalized spacial score (nSPS) is 17.3. The van der Waals surface area contributed by atoms with Crippen LogP contribution >= 0.6 is 0 Å². The smallest absolute Gasteiger partial charge is 0.405 e. The van der Waals surface area contributed by atoms with Gasteiger partial charge in [0.1, 0.15) is 24.4 Å². The van der Waals surface area contributed by atoms with Crippen LogP contribution in [0.3, 0.4) is 0 Å². The van der Waals surface area contributed by atoms with E-state index in [1.54, 1.807) is 23.5 Å². The molecule has 2 saturated heterocycles. The third kappa shape index (κ3) is 6.09. The molecule has 5 rings (SSSR count). The minimum atomic E-state index is -4.51. The molecule has 3 heterocycles. The number of rotatable bonds is 8. The SMILES string of the molecule is CCc1ccc(Nc2ncnc3cc(N=S4(=O)CC5(COC5)C4)cc(C)c23)c(OCC(=O)NCC(F)(F)F)c1. The average molecular weight is 564 g/mol. The molecule has 0 aliphatic carbocycles. The topological polar surface area (TPSA) is 115 Å². The Morgan fingerprint density at radius 3 is 2.64 bits per heavy atom. The highest BCUT2D eigenvalue weighted by Gasteiger charge is 2.52. The van der Waals surface area contributed by atoms with Gasteiger partial charge in [-0.05, 0) is 48.7 Å². The van der Waals surface area contributed by atoms with E-state index < -0.39 is 35.0 Å². The van der Waals surface area contributed by atoms with E-state index in [-0.39, 0.29) is 5.41 Å². The molecule has 0 radical (unpaired) electrons. The number of carbonyl (C=O) groups excluding carboxylic acids is 1. The van der Waals surface area contributed by atoms with E-state index in [9.17, 15) is 22.2 Å². The molecule has 1 aromatic heterocycles. The lowest BCUT2D eigenvalue weighted by molar-refractivity contribution is -0.139. The lowest BCUT2D eigenvalue weighted by atomic mass is 9.90. The number of alkyl halides is 3. The molecule has 1 spiro atoms. The number of halogens is 3. The molecule has 1 amide bonds. The van der Waals surface area contributed by atoms with Crippen molar-refractivity contribution in [3.8, 4) is 5.75 Å². The lowest BCUT2D eigenvalue weighted by Crippen LogP contribution is -2.60. The minimum absolute atomic E-state index is 0.0256. The Kier molecular flexibility index (Phi) is 7.14. The quantitative estimate of drug-likeness (QED) is 0.417. The number of nitrogens with zero attached hydrogens (tertiary/aromatic N) is 3. The van der Waals surface area contributed by atoms with Crippen LogP contribution < -0.4 is 15.4 Å². The van der Waals surface area contributed by atoms with Gasteiger partial charge >= 0.3 is 6.18 Å². The number of fused-ring (bicyclic) bond motifs is 1. The van der Waals surface area contributed by atoms with Gasteiger partial charge in [0.25, 0.3) is 5.91 Å². The molecule has 208 valence electrons. The number of anilines is 2. The number of hydrogen-bond donors (Lipinski definition) is 2. The fourth-order valence-corrected chi connectivity index (χ4v) is 7.56. The van der Waals surface area contributed by atoms with Gasteiger partial charge in [-0.3, -0.25) is 4.79 Å². The molecule has 39 heavy (non-hydrogen) atoms. The Balaban J connectivity index is 1.38. The summed E-state index contributed by atoms with van der Waals surface area (Å²) in [6.07, 6.45) is -2.43. The number of ether oxygens (including phenoxy) is 2. The summed E-state index contributed by atoms with van der Waals surface area (Å²) in [5.74, 6) is 0.957. The zero-order chi connectivity index (χ0) is 27.8. The van der Waals surface area contributed by atoms with Crippen LogP contribution in [-0.4, -0.2) is 64.1 Å². The molecule has 0 atom stereocenters. The molecule has 3 aromatic rings. The number of aryl methyl sites for hydroxylation is 2. The van der Waals surface area contributed by atoms with Crippen molar-refractivity contribution >= 4 is 43.7 Å². The predicted molar refractivity (Wildman–Crippen MR) is 141 cm³/mol. The Morgan fingerprint density at radius 2 is 1.97 bits per heavy atom. The van der Waals surface area contributed by atoms with Crippen LogP contribution in [0.2, 0.25) is 0 Å². The largest absolute Gasteiger partial charge is 0.482 e. The van der Waals surface area contributed by atoms with Crippen molar-refractivity contribution in [2.24, 2.45) is 9.78 Å². The first-order valence-corrected chi connectivity index (χ1v) is 14.2. The van der Waals surface area contributed by atoms with Gasteiger partial charge in [0.15, 0.2) is 6.61 Å². The Bertz CT molecular complexity index is 1530. The molecule has 2 fully saturated rings. The molecule has 2 aliphatic heterocycles. The first-order chi connectivity index (χ1) is 18.5. The Hall–Kier alpha value is -3.45. The van der Waals surface area contributed by atoms with Crippen LogP contribution in [0.5, 0.6) is 5.75 Å². The molecule has 0 bridgehead atoms. The van der Waals surface area contributed by atoms with Gasteiger partial charge in [0, 0.05) is 22.3 Å². The molecular formula is C26H28F3N5O4S. The average Bonchev–Trinajstić information content (AvgIpc) is 2.83. The zero-order valence-electron chi connectivity index (χ0n) is 21.4. The molecule has 0 saturated carbocycles. The zero-order valence-corrected chi connectivity index (χ0v) is 22.2. The summed E-state index contributed by atoms with van der Waals surface area (Å²) in [6, 6.07) is 8.97. The van der Waals surface area contributed by atoms with E-state index >= 15 is 0 Å². The number of benzene rings is 2. The summed E-state index contributed by atoms with van der Waals surface area (Å²) in [5, 5.41) is 5.73. The fraction of sp³-hybridized carbons (Fsp3) is 0.423. The van der Waals surface area contributed by atoms with Crippen molar-refractivity contribution in [3.63, 3.8) is 0 Å². The molecule has 2 aliphatic rings. The van der Waals surface area contributed by atoms with Crippen molar-refractivity contribution in [2.45, 2.75) is 26.4 Å². The van der Waals surface area contributed by atoms with Gasteiger partial charge in [-0.25, -0.2) is 14.2 Å².